The van der Waals surface area contributed by atoms with Gasteiger partial charge in [0.1, 0.15) is 5.82 Å². The predicted octanol–water partition coefficient (Wildman–Crippen LogP) is 5.04. The number of halogens is 4. The molecule has 1 heterocycles. The number of benzene rings is 1. The van der Waals surface area contributed by atoms with E-state index in [1.54, 1.807) is 18.2 Å². The van der Waals surface area contributed by atoms with Crippen molar-refractivity contribution < 1.29 is 17.6 Å². The molecule has 1 aromatic carbocycles. The number of pyridine rings is 1. The van der Waals surface area contributed by atoms with Gasteiger partial charge in [-0.15, -0.1) is 0 Å². The van der Waals surface area contributed by atoms with Crippen LogP contribution >= 0.6 is 0 Å². The lowest BCUT2D eigenvalue weighted by molar-refractivity contribution is -0.139. The quantitative estimate of drug-likeness (QED) is 0.771. The van der Waals surface area contributed by atoms with Crippen LogP contribution in [0.5, 0.6) is 0 Å². The van der Waals surface area contributed by atoms with Crippen molar-refractivity contribution in [3.63, 3.8) is 0 Å². The topological polar surface area (TPSA) is 24.9 Å². The van der Waals surface area contributed by atoms with Crippen molar-refractivity contribution in [3.8, 4) is 11.3 Å². The minimum Gasteiger partial charge on any atom is -0.308 e. The summed E-state index contributed by atoms with van der Waals surface area (Å²) in [7, 11) is 0. The summed E-state index contributed by atoms with van der Waals surface area (Å²) in [6.07, 6.45) is -4.73. The van der Waals surface area contributed by atoms with Crippen LogP contribution in [-0.4, -0.2) is 11.0 Å². The normalized spacial score (nSPS) is 13.3. The van der Waals surface area contributed by atoms with Crippen LogP contribution in [0.25, 0.3) is 11.3 Å². The van der Waals surface area contributed by atoms with Gasteiger partial charge in [-0.2, -0.15) is 13.2 Å². The Bertz CT molecular complexity index is 696. The SMILES string of the molecule is CC(C)[C@@H](C)NCc1cccc(-c2ccc(F)c(C(F)(F)F)c2)n1. The molecule has 0 unspecified atom stereocenters. The van der Waals surface area contributed by atoms with Crippen LogP contribution in [0, 0.1) is 11.7 Å². The number of nitrogens with zero attached hydrogens (tertiary/aromatic N) is 1. The summed E-state index contributed by atoms with van der Waals surface area (Å²) in [6.45, 7) is 6.77. The number of hydrogen-bond acceptors (Lipinski definition) is 2. The van der Waals surface area contributed by atoms with Gasteiger partial charge in [0.15, 0.2) is 0 Å². The summed E-state index contributed by atoms with van der Waals surface area (Å²) in [5.41, 5.74) is 0.0659. The molecule has 1 aromatic heterocycles. The van der Waals surface area contributed by atoms with E-state index in [9.17, 15) is 17.6 Å². The summed E-state index contributed by atoms with van der Waals surface area (Å²) in [5, 5.41) is 3.32. The van der Waals surface area contributed by atoms with Gasteiger partial charge < -0.3 is 5.32 Å². The smallest absolute Gasteiger partial charge is 0.308 e. The average molecular weight is 340 g/mol. The largest absolute Gasteiger partial charge is 0.419 e. The fourth-order valence-corrected chi connectivity index (χ4v) is 2.14. The van der Waals surface area contributed by atoms with Crippen LogP contribution in [0.1, 0.15) is 32.0 Å². The lowest BCUT2D eigenvalue weighted by Crippen LogP contribution is -2.30. The summed E-state index contributed by atoms with van der Waals surface area (Å²) >= 11 is 0. The molecule has 0 spiro atoms. The van der Waals surface area contributed by atoms with Crippen LogP contribution in [0.3, 0.4) is 0 Å². The monoisotopic (exact) mass is 340 g/mol. The minimum atomic E-state index is -4.73. The summed E-state index contributed by atoms with van der Waals surface area (Å²) in [4.78, 5) is 4.37. The Morgan fingerprint density at radius 3 is 2.42 bits per heavy atom. The van der Waals surface area contributed by atoms with Gasteiger partial charge in [0.05, 0.1) is 17.0 Å². The molecule has 2 nitrogen and oxygen atoms in total. The van der Waals surface area contributed by atoms with Crippen molar-refractivity contribution in [1.82, 2.24) is 10.3 Å². The summed E-state index contributed by atoms with van der Waals surface area (Å²) in [6, 6.07) is 8.37. The van der Waals surface area contributed by atoms with Gasteiger partial charge in [0, 0.05) is 18.2 Å². The highest BCUT2D eigenvalue weighted by molar-refractivity contribution is 5.60. The van der Waals surface area contributed by atoms with Gasteiger partial charge >= 0.3 is 6.18 Å². The summed E-state index contributed by atoms with van der Waals surface area (Å²) in [5.74, 6) is -0.825. The van der Waals surface area contributed by atoms with E-state index in [2.05, 4.69) is 31.1 Å². The Hall–Kier alpha value is -1.95. The second-order valence-corrected chi connectivity index (χ2v) is 6.12. The third-order valence-corrected chi connectivity index (χ3v) is 3.98. The van der Waals surface area contributed by atoms with Crippen molar-refractivity contribution >= 4 is 0 Å². The van der Waals surface area contributed by atoms with E-state index in [0.29, 0.717) is 18.2 Å². The lowest BCUT2D eigenvalue weighted by Gasteiger charge is -2.17. The predicted molar refractivity (Wildman–Crippen MR) is 85.8 cm³/mol. The van der Waals surface area contributed by atoms with E-state index >= 15 is 0 Å². The average Bonchev–Trinajstić information content (AvgIpc) is 2.52. The highest BCUT2D eigenvalue weighted by atomic mass is 19.4. The molecular weight excluding hydrogens is 320 g/mol. The number of hydrogen-bond donors (Lipinski definition) is 1. The molecule has 24 heavy (non-hydrogen) atoms. The highest BCUT2D eigenvalue weighted by Gasteiger charge is 2.34. The molecule has 0 fully saturated rings. The van der Waals surface area contributed by atoms with Crippen molar-refractivity contribution in [3.05, 3.63) is 53.5 Å². The van der Waals surface area contributed by atoms with E-state index in [1.807, 2.05) is 0 Å². The first-order valence-electron chi connectivity index (χ1n) is 7.75. The van der Waals surface area contributed by atoms with E-state index in [0.717, 1.165) is 17.8 Å². The Kier molecular flexibility index (Phi) is 5.59. The molecule has 1 atom stereocenters. The fourth-order valence-electron chi connectivity index (χ4n) is 2.14. The van der Waals surface area contributed by atoms with Crippen LogP contribution < -0.4 is 5.32 Å². The number of rotatable bonds is 5. The first kappa shape index (κ1) is 18.4. The molecule has 2 aromatic rings. The third kappa shape index (κ3) is 4.54. The zero-order valence-corrected chi connectivity index (χ0v) is 13.8. The maximum Gasteiger partial charge on any atom is 0.419 e. The van der Waals surface area contributed by atoms with Gasteiger partial charge in [-0.3, -0.25) is 4.98 Å². The van der Waals surface area contributed by atoms with Gasteiger partial charge in [-0.1, -0.05) is 19.9 Å². The number of nitrogens with one attached hydrogen (secondary N) is 1. The first-order chi connectivity index (χ1) is 11.2. The molecule has 0 aliphatic carbocycles. The molecule has 0 radical (unpaired) electrons. The van der Waals surface area contributed by atoms with Crippen LogP contribution in [0.4, 0.5) is 17.6 Å². The van der Waals surface area contributed by atoms with E-state index in [-0.39, 0.29) is 11.6 Å². The van der Waals surface area contributed by atoms with Gasteiger partial charge in [0.25, 0.3) is 0 Å². The Morgan fingerprint density at radius 1 is 1.08 bits per heavy atom. The molecule has 0 bridgehead atoms. The molecule has 130 valence electrons. The lowest BCUT2D eigenvalue weighted by atomic mass is 10.1. The Labute approximate surface area is 138 Å². The maximum absolute atomic E-state index is 13.4. The summed E-state index contributed by atoms with van der Waals surface area (Å²) < 4.78 is 51.9. The van der Waals surface area contributed by atoms with Gasteiger partial charge in [0.2, 0.25) is 0 Å². The van der Waals surface area contributed by atoms with Crippen molar-refractivity contribution in [2.45, 2.75) is 39.5 Å². The fraction of sp³-hybridized carbons (Fsp3) is 0.389. The second-order valence-electron chi connectivity index (χ2n) is 6.12. The second kappa shape index (κ2) is 7.30. The third-order valence-electron chi connectivity index (χ3n) is 3.98. The van der Waals surface area contributed by atoms with Crippen molar-refractivity contribution in [2.75, 3.05) is 0 Å². The number of aromatic nitrogens is 1. The minimum absolute atomic E-state index is 0.238. The standard InChI is InChI=1S/C18H20F4N2/c1-11(2)12(3)23-10-14-5-4-6-17(24-14)13-7-8-16(19)15(9-13)18(20,21)22/h4-9,11-12,23H,10H2,1-3H3/t12-/m1/s1. The molecule has 0 aliphatic rings. The van der Waals surface area contributed by atoms with Crippen molar-refractivity contribution in [2.24, 2.45) is 5.92 Å². The first-order valence-corrected chi connectivity index (χ1v) is 7.75. The molecule has 0 saturated carbocycles. The molecule has 6 heteroatoms. The van der Waals surface area contributed by atoms with Crippen LogP contribution in [0.15, 0.2) is 36.4 Å². The Balaban J connectivity index is 2.26. The molecule has 0 saturated heterocycles. The molecule has 0 amide bonds. The molecule has 1 N–H and O–H groups in total. The molecular formula is C18H20F4N2. The highest BCUT2D eigenvalue weighted by Crippen LogP contribution is 2.33. The van der Waals surface area contributed by atoms with Crippen LogP contribution in [0.2, 0.25) is 0 Å². The van der Waals surface area contributed by atoms with Crippen molar-refractivity contribution in [1.29, 1.82) is 0 Å². The maximum atomic E-state index is 13.4. The van der Waals surface area contributed by atoms with E-state index < -0.39 is 17.6 Å². The van der Waals surface area contributed by atoms with Crippen LogP contribution in [-0.2, 0) is 12.7 Å². The van der Waals surface area contributed by atoms with E-state index in [1.165, 1.54) is 6.07 Å². The molecule has 0 aliphatic heterocycles. The zero-order chi connectivity index (χ0) is 17.9. The van der Waals surface area contributed by atoms with Gasteiger partial charge in [-0.25, -0.2) is 4.39 Å². The zero-order valence-electron chi connectivity index (χ0n) is 13.8. The number of alkyl halides is 3. The van der Waals surface area contributed by atoms with E-state index in [4.69, 9.17) is 0 Å². The van der Waals surface area contributed by atoms with Gasteiger partial charge in [-0.05, 0) is 43.2 Å². The molecule has 2 rings (SSSR count). The Morgan fingerprint density at radius 2 is 1.79 bits per heavy atom.